The third kappa shape index (κ3) is 7.94. The highest BCUT2D eigenvalue weighted by Crippen LogP contribution is 2.35. The number of carbonyl (C=O) groups excluding carboxylic acids is 3. The maximum Gasteiger partial charge on any atom is 0.331 e. The number of ketones is 1. The number of benzene rings is 4. The molecule has 0 aromatic heterocycles. The molecular weight excluding hydrogens is 589 g/mol. The Hall–Kier alpha value is -4.79. The first-order valence-electron chi connectivity index (χ1n) is 13.1. The molecule has 4 aromatic rings. The Balaban J connectivity index is 1.71. The number of carbonyl (C=O) groups is 3. The molecule has 10 heteroatoms. The van der Waals surface area contributed by atoms with E-state index in [1.807, 2.05) is 65.6 Å². The maximum atomic E-state index is 13.2. The average Bonchev–Trinajstić information content (AvgIpc) is 2.99. The van der Waals surface area contributed by atoms with E-state index in [9.17, 15) is 14.4 Å². The summed E-state index contributed by atoms with van der Waals surface area (Å²) in [5.74, 6) is -1.23. The van der Waals surface area contributed by atoms with Crippen LogP contribution >= 0.6 is 23.2 Å². The number of hydrogen-bond acceptors (Lipinski definition) is 8. The SMILES string of the molecule is CC(=O)ON=C(C)c1ccc(N(c2ccc(C(=O)c3ccc(Cl)cc3Cl)cc2)c2ccc(C(C)=NOC(C)=O)cc2)cc1. The predicted octanol–water partition coefficient (Wildman–Crippen LogP) is 8.27. The number of rotatable bonds is 9. The Bertz CT molecular complexity index is 1640. The van der Waals surface area contributed by atoms with Gasteiger partial charge in [0.1, 0.15) is 0 Å². The number of oxime groups is 2. The van der Waals surface area contributed by atoms with Gasteiger partial charge < -0.3 is 14.6 Å². The summed E-state index contributed by atoms with van der Waals surface area (Å²) in [6.45, 7) is 6.07. The Morgan fingerprint density at radius 2 is 0.977 bits per heavy atom. The predicted molar refractivity (Wildman–Crippen MR) is 169 cm³/mol. The highest BCUT2D eigenvalue weighted by molar-refractivity contribution is 6.37. The van der Waals surface area contributed by atoms with Crippen LogP contribution < -0.4 is 4.90 Å². The molecule has 0 amide bonds. The minimum Gasteiger partial charge on any atom is -0.318 e. The molecule has 0 bridgehead atoms. The van der Waals surface area contributed by atoms with Crippen molar-refractivity contribution in [1.29, 1.82) is 0 Å². The Morgan fingerprint density at radius 3 is 1.35 bits per heavy atom. The van der Waals surface area contributed by atoms with Gasteiger partial charge in [0.15, 0.2) is 5.78 Å². The minimum atomic E-state index is -0.501. The van der Waals surface area contributed by atoms with E-state index >= 15 is 0 Å². The van der Waals surface area contributed by atoms with Crippen LogP contribution in [0.5, 0.6) is 0 Å². The van der Waals surface area contributed by atoms with Crippen molar-refractivity contribution in [3.05, 3.63) is 123 Å². The van der Waals surface area contributed by atoms with Crippen molar-refractivity contribution in [1.82, 2.24) is 0 Å². The molecule has 0 heterocycles. The Morgan fingerprint density at radius 1 is 0.581 bits per heavy atom. The van der Waals surface area contributed by atoms with Crippen LogP contribution in [-0.2, 0) is 19.3 Å². The summed E-state index contributed by atoms with van der Waals surface area (Å²) in [6.07, 6.45) is 0. The monoisotopic (exact) mass is 615 g/mol. The summed E-state index contributed by atoms with van der Waals surface area (Å²) in [7, 11) is 0. The normalized spacial score (nSPS) is 11.6. The maximum absolute atomic E-state index is 13.2. The van der Waals surface area contributed by atoms with E-state index < -0.39 is 11.9 Å². The molecule has 0 saturated heterocycles. The highest BCUT2D eigenvalue weighted by atomic mass is 35.5. The zero-order valence-electron chi connectivity index (χ0n) is 23.8. The van der Waals surface area contributed by atoms with Gasteiger partial charge in [-0.05, 0) is 91.7 Å². The van der Waals surface area contributed by atoms with E-state index in [1.54, 1.807) is 38.1 Å². The van der Waals surface area contributed by atoms with Crippen molar-refractivity contribution in [3.8, 4) is 0 Å². The Labute approximate surface area is 259 Å². The van der Waals surface area contributed by atoms with Gasteiger partial charge in [0.05, 0.1) is 16.4 Å². The molecule has 0 radical (unpaired) electrons. The van der Waals surface area contributed by atoms with E-state index in [0.717, 1.165) is 28.2 Å². The van der Waals surface area contributed by atoms with Crippen molar-refractivity contribution in [2.45, 2.75) is 27.7 Å². The molecule has 0 atom stereocenters. The van der Waals surface area contributed by atoms with E-state index in [2.05, 4.69) is 10.3 Å². The molecule has 0 aliphatic rings. The van der Waals surface area contributed by atoms with E-state index in [-0.39, 0.29) is 10.8 Å². The largest absolute Gasteiger partial charge is 0.331 e. The van der Waals surface area contributed by atoms with E-state index in [4.69, 9.17) is 32.9 Å². The van der Waals surface area contributed by atoms with E-state index in [1.165, 1.54) is 19.9 Å². The summed E-state index contributed by atoms with van der Waals surface area (Å²) in [4.78, 5) is 47.0. The third-order valence-electron chi connectivity index (χ3n) is 6.27. The van der Waals surface area contributed by atoms with Crippen LogP contribution in [0, 0.1) is 0 Å². The minimum absolute atomic E-state index is 0.224. The fraction of sp³-hybridized carbons (Fsp3) is 0.121. The van der Waals surface area contributed by atoms with E-state index in [0.29, 0.717) is 27.6 Å². The van der Waals surface area contributed by atoms with Crippen LogP contribution in [0.1, 0.15) is 54.7 Å². The fourth-order valence-electron chi connectivity index (χ4n) is 4.11. The lowest BCUT2D eigenvalue weighted by molar-refractivity contribution is -0.141. The van der Waals surface area contributed by atoms with Gasteiger partial charge in [-0.25, -0.2) is 9.59 Å². The third-order valence-corrected chi connectivity index (χ3v) is 6.82. The van der Waals surface area contributed by atoms with Gasteiger partial charge in [0, 0.05) is 47.1 Å². The van der Waals surface area contributed by atoms with Gasteiger partial charge in [-0.15, -0.1) is 0 Å². The van der Waals surface area contributed by atoms with Crippen LogP contribution in [-0.4, -0.2) is 29.1 Å². The topological polar surface area (TPSA) is 97.6 Å². The molecule has 0 aliphatic carbocycles. The van der Waals surface area contributed by atoms with Crippen molar-refractivity contribution in [2.75, 3.05) is 4.90 Å². The van der Waals surface area contributed by atoms with Gasteiger partial charge in [0.25, 0.3) is 0 Å². The first-order valence-corrected chi connectivity index (χ1v) is 13.8. The molecule has 0 N–H and O–H groups in total. The molecule has 0 fully saturated rings. The van der Waals surface area contributed by atoms with Gasteiger partial charge in [0.2, 0.25) is 0 Å². The Kier molecular flexibility index (Phi) is 10.1. The van der Waals surface area contributed by atoms with Crippen molar-refractivity contribution < 1.29 is 24.1 Å². The summed E-state index contributed by atoms with van der Waals surface area (Å²) >= 11 is 12.3. The van der Waals surface area contributed by atoms with Crippen LogP contribution in [0.25, 0.3) is 0 Å². The molecule has 43 heavy (non-hydrogen) atoms. The van der Waals surface area contributed by atoms with Crippen molar-refractivity contribution in [3.63, 3.8) is 0 Å². The molecule has 8 nitrogen and oxygen atoms in total. The van der Waals surface area contributed by atoms with Gasteiger partial charge in [-0.3, -0.25) is 4.79 Å². The van der Waals surface area contributed by atoms with Gasteiger partial charge >= 0.3 is 11.9 Å². The van der Waals surface area contributed by atoms with Crippen molar-refractivity contribution in [2.24, 2.45) is 10.3 Å². The lowest BCUT2D eigenvalue weighted by Crippen LogP contribution is -2.11. The lowest BCUT2D eigenvalue weighted by Gasteiger charge is -2.26. The number of halogens is 2. The molecule has 218 valence electrons. The summed E-state index contributed by atoms with van der Waals surface area (Å²) in [6, 6.07) is 27.1. The standard InChI is InChI=1S/C33H27Cl2N3O5/c1-20(36-42-22(3)39)24-5-12-28(13-6-24)38(29-14-7-25(8-15-29)21(2)37-43-23(4)40)30-16-9-26(10-17-30)33(41)31-18-11-27(34)19-32(31)35/h5-19H,1-4H3. The number of hydrogen-bond donors (Lipinski definition) is 0. The number of anilines is 3. The average molecular weight is 617 g/mol. The number of nitrogens with zero attached hydrogens (tertiary/aromatic N) is 3. The van der Waals surface area contributed by atoms with Crippen LogP contribution in [0.4, 0.5) is 17.1 Å². The fourth-order valence-corrected chi connectivity index (χ4v) is 4.61. The highest BCUT2D eigenvalue weighted by Gasteiger charge is 2.17. The molecular formula is C33H27Cl2N3O5. The first-order chi connectivity index (χ1) is 20.5. The van der Waals surface area contributed by atoms with Crippen LogP contribution in [0.15, 0.2) is 101 Å². The molecule has 0 unspecified atom stereocenters. The first kappa shape index (κ1) is 31.2. The quantitative estimate of drug-likeness (QED) is 0.0813. The second-order valence-corrected chi connectivity index (χ2v) is 10.3. The molecule has 0 spiro atoms. The lowest BCUT2D eigenvalue weighted by atomic mass is 10.0. The van der Waals surface area contributed by atoms with Crippen molar-refractivity contribution >= 4 is 69.4 Å². The zero-order chi connectivity index (χ0) is 31.1. The summed E-state index contributed by atoms with van der Waals surface area (Å²) in [5, 5.41) is 8.45. The molecule has 0 saturated carbocycles. The molecule has 4 rings (SSSR count). The summed E-state index contributed by atoms with van der Waals surface area (Å²) in [5.41, 5.74) is 5.90. The van der Waals surface area contributed by atoms with Gasteiger partial charge in [-0.2, -0.15) is 0 Å². The summed E-state index contributed by atoms with van der Waals surface area (Å²) < 4.78 is 0. The van der Waals surface area contributed by atoms with Crippen LogP contribution in [0.2, 0.25) is 10.0 Å². The molecule has 4 aromatic carbocycles. The van der Waals surface area contributed by atoms with Crippen LogP contribution in [0.3, 0.4) is 0 Å². The smallest absolute Gasteiger partial charge is 0.318 e. The zero-order valence-corrected chi connectivity index (χ0v) is 25.3. The second kappa shape index (κ2) is 13.9. The second-order valence-electron chi connectivity index (χ2n) is 9.45. The van der Waals surface area contributed by atoms with Gasteiger partial charge in [-0.1, -0.05) is 57.8 Å². The molecule has 0 aliphatic heterocycles.